The van der Waals surface area contributed by atoms with Gasteiger partial charge in [0.25, 0.3) is 5.91 Å². The van der Waals surface area contributed by atoms with Gasteiger partial charge in [0, 0.05) is 5.02 Å². The summed E-state index contributed by atoms with van der Waals surface area (Å²) < 4.78 is 28.4. The number of aromatic nitrogens is 2. The summed E-state index contributed by atoms with van der Waals surface area (Å²) in [6, 6.07) is 8.90. The number of hydrogen-bond acceptors (Lipinski definition) is 2. The van der Waals surface area contributed by atoms with Crippen molar-refractivity contribution in [1.82, 2.24) is 9.78 Å². The van der Waals surface area contributed by atoms with Crippen molar-refractivity contribution in [3.63, 3.8) is 0 Å². The van der Waals surface area contributed by atoms with Crippen molar-refractivity contribution in [3.05, 3.63) is 80.6 Å². The van der Waals surface area contributed by atoms with Gasteiger partial charge in [-0.25, -0.2) is 8.78 Å². The normalized spacial score (nSPS) is 10.9. The number of carbonyl (C=O) groups excluding carboxylic acids is 1. The second-order valence-corrected chi connectivity index (χ2v) is 6.87. The quantitative estimate of drug-likeness (QED) is 0.587. The van der Waals surface area contributed by atoms with Crippen molar-refractivity contribution in [2.24, 2.45) is 0 Å². The third-order valence-corrected chi connectivity index (χ3v) is 4.68. The summed E-state index contributed by atoms with van der Waals surface area (Å²) in [5.41, 5.74) is 2.64. The number of nitrogens with zero attached hydrogens (tertiary/aromatic N) is 2. The van der Waals surface area contributed by atoms with Gasteiger partial charge in [-0.05, 0) is 43.7 Å². The summed E-state index contributed by atoms with van der Waals surface area (Å²) >= 11 is 11.8. The Balaban J connectivity index is 1.85. The molecule has 4 nitrogen and oxygen atoms in total. The molecule has 2 aromatic carbocycles. The Morgan fingerprint density at radius 1 is 1.11 bits per heavy atom. The van der Waals surface area contributed by atoms with Crippen LogP contribution in [0.15, 0.2) is 36.4 Å². The molecule has 0 spiro atoms. The molecule has 0 saturated heterocycles. The lowest BCUT2D eigenvalue weighted by Gasteiger charge is -2.09. The molecule has 0 unspecified atom stereocenters. The lowest BCUT2D eigenvalue weighted by atomic mass is 10.2. The SMILES string of the molecule is Cc1nn(Cc2ccc(Cl)cc2)c(C)c1NC(=O)c1cc(F)c(F)cc1Cl. The molecular weight excluding hydrogens is 395 g/mol. The zero-order chi connectivity index (χ0) is 19.7. The van der Waals surface area contributed by atoms with E-state index in [1.165, 1.54) is 0 Å². The van der Waals surface area contributed by atoms with Gasteiger partial charge in [0.05, 0.1) is 34.2 Å². The minimum absolute atomic E-state index is 0.153. The van der Waals surface area contributed by atoms with E-state index in [-0.39, 0.29) is 10.6 Å². The highest BCUT2D eigenvalue weighted by molar-refractivity contribution is 6.34. The summed E-state index contributed by atoms with van der Waals surface area (Å²) in [6.07, 6.45) is 0. The minimum atomic E-state index is -1.14. The number of rotatable bonds is 4. The van der Waals surface area contributed by atoms with Crippen molar-refractivity contribution >= 4 is 34.8 Å². The van der Waals surface area contributed by atoms with Crippen LogP contribution in [-0.2, 0) is 6.54 Å². The number of anilines is 1. The highest BCUT2D eigenvalue weighted by atomic mass is 35.5. The van der Waals surface area contributed by atoms with Gasteiger partial charge in [0.15, 0.2) is 11.6 Å². The van der Waals surface area contributed by atoms with Crippen LogP contribution in [0.25, 0.3) is 0 Å². The third kappa shape index (κ3) is 4.12. The average molecular weight is 410 g/mol. The predicted octanol–water partition coefficient (Wildman–Crippen LogP) is 5.39. The van der Waals surface area contributed by atoms with E-state index in [0.29, 0.717) is 22.9 Å². The Hall–Kier alpha value is -2.44. The monoisotopic (exact) mass is 409 g/mol. The highest BCUT2D eigenvalue weighted by Gasteiger charge is 2.19. The summed E-state index contributed by atoms with van der Waals surface area (Å²) in [6.45, 7) is 4.04. The number of benzene rings is 2. The molecule has 0 aliphatic carbocycles. The molecule has 1 aromatic heterocycles. The van der Waals surface area contributed by atoms with E-state index < -0.39 is 17.5 Å². The summed E-state index contributed by atoms with van der Waals surface area (Å²) in [4.78, 5) is 12.5. The molecule has 3 aromatic rings. The fraction of sp³-hybridized carbons (Fsp3) is 0.158. The van der Waals surface area contributed by atoms with Crippen LogP contribution in [0.1, 0.15) is 27.3 Å². The molecule has 0 aliphatic rings. The van der Waals surface area contributed by atoms with Gasteiger partial charge < -0.3 is 5.32 Å². The van der Waals surface area contributed by atoms with Crippen LogP contribution in [-0.4, -0.2) is 15.7 Å². The Morgan fingerprint density at radius 3 is 2.41 bits per heavy atom. The van der Waals surface area contributed by atoms with Crippen LogP contribution in [0.4, 0.5) is 14.5 Å². The standard InChI is InChI=1S/C19H15Cl2F2N3O/c1-10-18(24-19(27)14-7-16(22)17(23)8-15(14)21)11(2)26(25-10)9-12-3-5-13(20)6-4-12/h3-8H,9H2,1-2H3,(H,24,27). The average Bonchev–Trinajstić information content (AvgIpc) is 2.87. The van der Waals surface area contributed by atoms with Crippen molar-refractivity contribution in [1.29, 1.82) is 0 Å². The van der Waals surface area contributed by atoms with Crippen molar-refractivity contribution in [2.45, 2.75) is 20.4 Å². The van der Waals surface area contributed by atoms with E-state index >= 15 is 0 Å². The minimum Gasteiger partial charge on any atom is -0.319 e. The lowest BCUT2D eigenvalue weighted by Crippen LogP contribution is -2.14. The number of amides is 1. The number of hydrogen-bond donors (Lipinski definition) is 1. The molecule has 1 amide bonds. The highest BCUT2D eigenvalue weighted by Crippen LogP contribution is 2.25. The van der Waals surface area contributed by atoms with E-state index in [9.17, 15) is 13.6 Å². The molecule has 8 heteroatoms. The van der Waals surface area contributed by atoms with Crippen LogP contribution >= 0.6 is 23.2 Å². The smallest absolute Gasteiger partial charge is 0.257 e. The van der Waals surface area contributed by atoms with Gasteiger partial charge in [-0.3, -0.25) is 9.48 Å². The number of aryl methyl sites for hydroxylation is 1. The molecule has 27 heavy (non-hydrogen) atoms. The number of carbonyl (C=O) groups is 1. The molecule has 1 N–H and O–H groups in total. The Bertz CT molecular complexity index is 1020. The van der Waals surface area contributed by atoms with E-state index in [1.807, 2.05) is 12.1 Å². The van der Waals surface area contributed by atoms with Crippen LogP contribution < -0.4 is 5.32 Å². The first-order valence-corrected chi connectivity index (χ1v) is 8.76. The van der Waals surface area contributed by atoms with Crippen LogP contribution in [0.5, 0.6) is 0 Å². The molecule has 1 heterocycles. The number of halogens is 4. The molecule has 0 radical (unpaired) electrons. The molecule has 0 atom stereocenters. The van der Waals surface area contributed by atoms with Gasteiger partial charge >= 0.3 is 0 Å². The van der Waals surface area contributed by atoms with Gasteiger partial charge in [-0.2, -0.15) is 5.10 Å². The van der Waals surface area contributed by atoms with Crippen LogP contribution in [0.2, 0.25) is 10.0 Å². The second kappa shape index (κ2) is 7.66. The maximum Gasteiger partial charge on any atom is 0.257 e. The van der Waals surface area contributed by atoms with Crippen molar-refractivity contribution in [3.8, 4) is 0 Å². The first kappa shape index (κ1) is 19.3. The fourth-order valence-electron chi connectivity index (χ4n) is 2.67. The van der Waals surface area contributed by atoms with Gasteiger partial charge in [0.1, 0.15) is 0 Å². The fourth-order valence-corrected chi connectivity index (χ4v) is 3.03. The topological polar surface area (TPSA) is 46.9 Å². The largest absolute Gasteiger partial charge is 0.319 e. The third-order valence-electron chi connectivity index (χ3n) is 4.12. The Labute approximate surface area is 164 Å². The van der Waals surface area contributed by atoms with Gasteiger partial charge in [-0.1, -0.05) is 35.3 Å². The van der Waals surface area contributed by atoms with Crippen LogP contribution in [0, 0.1) is 25.5 Å². The Morgan fingerprint density at radius 2 is 1.74 bits per heavy atom. The van der Waals surface area contributed by atoms with E-state index in [0.717, 1.165) is 23.4 Å². The van der Waals surface area contributed by atoms with E-state index in [2.05, 4.69) is 10.4 Å². The molecule has 140 valence electrons. The zero-order valence-corrected chi connectivity index (χ0v) is 16.0. The molecule has 3 rings (SSSR count). The Kier molecular flexibility index (Phi) is 5.48. The van der Waals surface area contributed by atoms with Gasteiger partial charge in [-0.15, -0.1) is 0 Å². The first-order chi connectivity index (χ1) is 12.8. The summed E-state index contributed by atoms with van der Waals surface area (Å²) in [7, 11) is 0. The van der Waals surface area contributed by atoms with E-state index in [4.69, 9.17) is 23.2 Å². The van der Waals surface area contributed by atoms with Crippen molar-refractivity contribution in [2.75, 3.05) is 5.32 Å². The zero-order valence-electron chi connectivity index (χ0n) is 14.5. The molecular formula is C19H15Cl2F2N3O. The van der Waals surface area contributed by atoms with Crippen molar-refractivity contribution < 1.29 is 13.6 Å². The van der Waals surface area contributed by atoms with Crippen LogP contribution in [0.3, 0.4) is 0 Å². The predicted molar refractivity (Wildman–Crippen MR) is 102 cm³/mol. The van der Waals surface area contributed by atoms with E-state index in [1.54, 1.807) is 30.7 Å². The summed E-state index contributed by atoms with van der Waals surface area (Å²) in [5.74, 6) is -2.90. The maximum atomic E-state index is 13.5. The lowest BCUT2D eigenvalue weighted by molar-refractivity contribution is 0.102. The maximum absolute atomic E-state index is 13.5. The molecule has 0 saturated carbocycles. The summed E-state index contributed by atoms with van der Waals surface area (Å²) in [5, 5.41) is 7.58. The molecule has 0 fully saturated rings. The molecule has 0 aliphatic heterocycles. The molecule has 0 bridgehead atoms. The second-order valence-electron chi connectivity index (χ2n) is 6.03. The number of nitrogens with one attached hydrogen (secondary N) is 1. The van der Waals surface area contributed by atoms with Gasteiger partial charge in [0.2, 0.25) is 0 Å². The first-order valence-electron chi connectivity index (χ1n) is 8.00.